The lowest BCUT2D eigenvalue weighted by atomic mass is 9.86. The zero-order chi connectivity index (χ0) is 25.7. The number of ether oxygens (including phenoxy) is 1. The second-order valence-electron chi connectivity index (χ2n) is 9.16. The normalized spacial score (nSPS) is 20.0. The molecule has 1 aliphatic heterocycles. The average molecular weight is 509 g/mol. The summed E-state index contributed by atoms with van der Waals surface area (Å²) in [5.74, 6) is 6.06. The molecule has 4 rings (SSSR count). The molecule has 0 bridgehead atoms. The Kier molecular flexibility index (Phi) is 8.28. The molecule has 0 saturated carbocycles. The van der Waals surface area contributed by atoms with Gasteiger partial charge in [0.05, 0.1) is 11.7 Å². The van der Waals surface area contributed by atoms with Crippen LogP contribution in [0.3, 0.4) is 0 Å². The third kappa shape index (κ3) is 6.24. The fraction of sp³-hybridized carbons (Fsp3) is 0.345. The van der Waals surface area contributed by atoms with Crippen LogP contribution in [0.2, 0.25) is 5.02 Å². The van der Waals surface area contributed by atoms with Gasteiger partial charge in [0.1, 0.15) is 18.1 Å². The van der Waals surface area contributed by atoms with Crippen LogP contribution in [0.1, 0.15) is 36.6 Å². The molecule has 3 aromatic rings. The van der Waals surface area contributed by atoms with Crippen LogP contribution in [-0.2, 0) is 0 Å². The van der Waals surface area contributed by atoms with Gasteiger partial charge in [0.15, 0.2) is 5.82 Å². The van der Waals surface area contributed by atoms with Gasteiger partial charge in [0.25, 0.3) is 0 Å². The minimum absolute atomic E-state index is 0.0874. The summed E-state index contributed by atoms with van der Waals surface area (Å²) in [7, 11) is 0. The Morgan fingerprint density at radius 3 is 2.61 bits per heavy atom. The molecular weight excluding hydrogens is 479 g/mol. The van der Waals surface area contributed by atoms with Crippen LogP contribution in [0.15, 0.2) is 54.7 Å². The standard InChI is InChI=1S/C29H30ClFN2O3/c1-3-29(35)12-13-33(19-28(29)34)14-15-36-27-11-5-21(16-20(27)2)4-10-26-25(31)17-23(18-32-26)22-6-8-24(30)9-7-22/h5-9,11,16-18,28,34-35H,3,12-15,19H2,1-2H3/t28?,29-/m1/s1. The molecule has 1 aromatic heterocycles. The molecule has 188 valence electrons. The summed E-state index contributed by atoms with van der Waals surface area (Å²) in [6, 6.07) is 14.2. The molecule has 0 radical (unpaired) electrons. The highest BCUT2D eigenvalue weighted by molar-refractivity contribution is 6.30. The minimum atomic E-state index is -0.984. The SMILES string of the molecule is CC[C@@]1(O)CCN(CCOc2ccc(C#Cc3ncc(-c4ccc(Cl)cc4)cc3F)cc2C)CC1O. The maximum atomic E-state index is 14.6. The van der Waals surface area contributed by atoms with Crippen LogP contribution in [0.4, 0.5) is 4.39 Å². The number of nitrogens with zero attached hydrogens (tertiary/aromatic N) is 2. The summed E-state index contributed by atoms with van der Waals surface area (Å²) in [4.78, 5) is 6.29. The summed E-state index contributed by atoms with van der Waals surface area (Å²) < 4.78 is 20.5. The van der Waals surface area contributed by atoms with Crippen molar-refractivity contribution in [2.45, 2.75) is 38.4 Å². The Morgan fingerprint density at radius 2 is 1.94 bits per heavy atom. The number of halogens is 2. The van der Waals surface area contributed by atoms with Gasteiger partial charge >= 0.3 is 0 Å². The lowest BCUT2D eigenvalue weighted by Crippen LogP contribution is -2.55. The topological polar surface area (TPSA) is 65.8 Å². The lowest BCUT2D eigenvalue weighted by Gasteiger charge is -2.41. The number of aryl methyl sites for hydroxylation is 1. The third-order valence-corrected chi connectivity index (χ3v) is 6.96. The summed E-state index contributed by atoms with van der Waals surface area (Å²) in [5, 5.41) is 21.2. The van der Waals surface area contributed by atoms with E-state index in [-0.39, 0.29) is 5.69 Å². The molecule has 7 heteroatoms. The van der Waals surface area contributed by atoms with Gasteiger partial charge in [-0.05, 0) is 73.2 Å². The predicted octanol–water partition coefficient (Wildman–Crippen LogP) is 4.84. The second kappa shape index (κ2) is 11.4. The summed E-state index contributed by atoms with van der Waals surface area (Å²) in [6.07, 6.45) is 1.95. The van der Waals surface area contributed by atoms with Crippen LogP contribution in [0.5, 0.6) is 5.75 Å². The van der Waals surface area contributed by atoms with Crippen LogP contribution < -0.4 is 4.74 Å². The van der Waals surface area contributed by atoms with Crippen molar-refractivity contribution in [2.75, 3.05) is 26.2 Å². The molecule has 1 saturated heterocycles. The molecule has 2 heterocycles. The zero-order valence-electron chi connectivity index (χ0n) is 20.5. The number of benzene rings is 2. The summed E-state index contributed by atoms with van der Waals surface area (Å²) >= 11 is 5.92. The van der Waals surface area contributed by atoms with E-state index in [1.807, 2.05) is 44.2 Å². The van der Waals surface area contributed by atoms with Crippen molar-refractivity contribution in [3.05, 3.63) is 82.4 Å². The Hall–Kier alpha value is -2.95. The molecule has 36 heavy (non-hydrogen) atoms. The number of hydrogen-bond donors (Lipinski definition) is 2. The number of aromatic nitrogens is 1. The number of rotatable bonds is 6. The number of aliphatic hydroxyl groups excluding tert-OH is 1. The number of hydrogen-bond acceptors (Lipinski definition) is 5. The first-order valence-electron chi connectivity index (χ1n) is 12.1. The van der Waals surface area contributed by atoms with Crippen molar-refractivity contribution >= 4 is 11.6 Å². The van der Waals surface area contributed by atoms with Gasteiger partial charge in [0, 0.05) is 42.0 Å². The molecule has 0 spiro atoms. The van der Waals surface area contributed by atoms with E-state index in [1.54, 1.807) is 18.3 Å². The highest BCUT2D eigenvalue weighted by atomic mass is 35.5. The van der Waals surface area contributed by atoms with E-state index in [9.17, 15) is 14.6 Å². The monoisotopic (exact) mass is 508 g/mol. The van der Waals surface area contributed by atoms with Crippen molar-refractivity contribution in [3.8, 4) is 28.7 Å². The molecule has 0 aliphatic carbocycles. The van der Waals surface area contributed by atoms with Crippen LogP contribution in [0.25, 0.3) is 11.1 Å². The fourth-order valence-electron chi connectivity index (χ4n) is 4.27. The van der Waals surface area contributed by atoms with Gasteiger partial charge in [-0.25, -0.2) is 9.37 Å². The highest BCUT2D eigenvalue weighted by Crippen LogP contribution is 2.26. The number of aliphatic hydroxyl groups is 2. The molecule has 1 aliphatic rings. The smallest absolute Gasteiger partial charge is 0.158 e. The average Bonchev–Trinajstić information content (AvgIpc) is 2.87. The number of pyridine rings is 1. The number of β-amino-alcohol motifs (C(OH)–C–C–N with tert-alkyl or cyclic N) is 1. The summed E-state index contributed by atoms with van der Waals surface area (Å²) in [6.45, 7) is 6.12. The third-order valence-electron chi connectivity index (χ3n) is 6.71. The van der Waals surface area contributed by atoms with Crippen molar-refractivity contribution in [2.24, 2.45) is 0 Å². The van der Waals surface area contributed by atoms with Gasteiger partial charge in [-0.15, -0.1) is 0 Å². The summed E-state index contributed by atoms with van der Waals surface area (Å²) in [5.41, 5.74) is 2.25. The second-order valence-corrected chi connectivity index (χ2v) is 9.60. The largest absolute Gasteiger partial charge is 0.492 e. The quantitative estimate of drug-likeness (QED) is 0.467. The van der Waals surface area contributed by atoms with E-state index >= 15 is 0 Å². The molecular formula is C29H30ClFN2O3. The highest BCUT2D eigenvalue weighted by Gasteiger charge is 2.38. The first kappa shape index (κ1) is 26.1. The molecule has 2 atom stereocenters. The maximum Gasteiger partial charge on any atom is 0.158 e. The van der Waals surface area contributed by atoms with E-state index in [2.05, 4.69) is 21.7 Å². The lowest BCUT2D eigenvalue weighted by molar-refractivity contribution is -0.121. The zero-order valence-corrected chi connectivity index (χ0v) is 21.2. The van der Waals surface area contributed by atoms with E-state index in [4.69, 9.17) is 16.3 Å². The molecule has 5 nitrogen and oxygen atoms in total. The van der Waals surface area contributed by atoms with Crippen LogP contribution in [-0.4, -0.2) is 58.0 Å². The van der Waals surface area contributed by atoms with Crippen molar-refractivity contribution in [1.82, 2.24) is 9.88 Å². The van der Waals surface area contributed by atoms with Gasteiger partial charge in [-0.1, -0.05) is 36.6 Å². The molecule has 1 fully saturated rings. The first-order valence-corrected chi connectivity index (χ1v) is 12.4. The molecule has 1 unspecified atom stereocenters. The van der Waals surface area contributed by atoms with E-state index in [0.717, 1.165) is 29.0 Å². The van der Waals surface area contributed by atoms with E-state index in [0.29, 0.717) is 43.1 Å². The Balaban J connectivity index is 1.34. The Morgan fingerprint density at radius 1 is 1.17 bits per heavy atom. The van der Waals surface area contributed by atoms with E-state index < -0.39 is 17.5 Å². The molecule has 2 aromatic carbocycles. The molecule has 0 amide bonds. The van der Waals surface area contributed by atoms with Crippen molar-refractivity contribution in [1.29, 1.82) is 0 Å². The Labute approximate surface area is 216 Å². The van der Waals surface area contributed by atoms with Gasteiger partial charge in [-0.2, -0.15) is 0 Å². The maximum absolute atomic E-state index is 14.6. The van der Waals surface area contributed by atoms with Gasteiger partial charge in [-0.3, -0.25) is 4.90 Å². The van der Waals surface area contributed by atoms with Gasteiger partial charge in [0.2, 0.25) is 0 Å². The number of piperidine rings is 1. The molecule has 2 N–H and O–H groups in total. The number of likely N-dealkylation sites (tertiary alicyclic amines) is 1. The van der Waals surface area contributed by atoms with Crippen molar-refractivity contribution in [3.63, 3.8) is 0 Å². The first-order chi connectivity index (χ1) is 17.3. The Bertz CT molecular complexity index is 1270. The van der Waals surface area contributed by atoms with Gasteiger partial charge < -0.3 is 14.9 Å². The van der Waals surface area contributed by atoms with E-state index in [1.165, 1.54) is 6.07 Å². The predicted molar refractivity (Wildman–Crippen MR) is 140 cm³/mol. The van der Waals surface area contributed by atoms with Crippen molar-refractivity contribution < 1.29 is 19.3 Å². The van der Waals surface area contributed by atoms with Crippen LogP contribution >= 0.6 is 11.6 Å². The minimum Gasteiger partial charge on any atom is -0.492 e. The van der Waals surface area contributed by atoms with Crippen LogP contribution in [0, 0.1) is 24.6 Å². The fourth-order valence-corrected chi connectivity index (χ4v) is 4.40.